The molecule has 0 radical (unpaired) electrons. The van der Waals surface area contributed by atoms with Gasteiger partial charge in [0, 0.05) is 16.2 Å². The summed E-state index contributed by atoms with van der Waals surface area (Å²) in [6.07, 6.45) is 3.30. The van der Waals surface area contributed by atoms with Gasteiger partial charge in [-0.25, -0.2) is 5.84 Å². The van der Waals surface area contributed by atoms with E-state index >= 15 is 0 Å². The molecule has 1 aromatic heterocycles. The van der Waals surface area contributed by atoms with Gasteiger partial charge in [0.2, 0.25) is 0 Å². The molecule has 0 bridgehead atoms. The molecule has 1 amide bonds. The Morgan fingerprint density at radius 1 is 1.19 bits per heavy atom. The van der Waals surface area contributed by atoms with E-state index in [0.717, 1.165) is 4.47 Å². The molecule has 0 saturated heterocycles. The molecule has 0 saturated carbocycles. The van der Waals surface area contributed by atoms with Crippen LogP contribution in [0.15, 0.2) is 47.2 Å². The molecule has 21 heavy (non-hydrogen) atoms. The largest absolute Gasteiger partial charge is 0.490 e. The summed E-state index contributed by atoms with van der Waals surface area (Å²) in [4.78, 5) is 15.4. The Hall–Kier alpha value is -2.12. The lowest BCUT2D eigenvalue weighted by molar-refractivity contribution is 0.0953. The first kappa shape index (κ1) is 15.3. The van der Waals surface area contributed by atoms with Crippen LogP contribution in [-0.4, -0.2) is 24.1 Å². The van der Waals surface area contributed by atoms with E-state index in [2.05, 4.69) is 26.3 Å². The number of halogens is 1. The number of rotatable bonds is 6. The van der Waals surface area contributed by atoms with Crippen molar-refractivity contribution < 1.29 is 14.3 Å². The normalized spacial score (nSPS) is 10.0. The minimum atomic E-state index is -0.364. The Morgan fingerprint density at radius 3 is 2.67 bits per heavy atom. The number of pyridine rings is 1. The minimum absolute atomic E-state index is 0.347. The molecule has 0 aliphatic rings. The molecule has 0 spiro atoms. The van der Waals surface area contributed by atoms with Crippen molar-refractivity contribution in [2.45, 2.75) is 0 Å². The van der Waals surface area contributed by atoms with Crippen LogP contribution in [-0.2, 0) is 0 Å². The van der Waals surface area contributed by atoms with E-state index in [-0.39, 0.29) is 5.91 Å². The van der Waals surface area contributed by atoms with Crippen LogP contribution < -0.4 is 20.7 Å². The fraction of sp³-hybridized carbons (Fsp3) is 0.143. The monoisotopic (exact) mass is 351 g/mol. The number of nitrogens with zero attached hydrogens (tertiary/aromatic N) is 1. The first-order valence-corrected chi connectivity index (χ1v) is 6.95. The summed E-state index contributed by atoms with van der Waals surface area (Å²) in [5.41, 5.74) is 2.51. The average molecular weight is 352 g/mol. The highest BCUT2D eigenvalue weighted by atomic mass is 79.9. The summed E-state index contributed by atoms with van der Waals surface area (Å²) >= 11 is 3.31. The molecule has 1 heterocycles. The zero-order chi connectivity index (χ0) is 15.1. The van der Waals surface area contributed by atoms with Crippen LogP contribution in [0.2, 0.25) is 0 Å². The van der Waals surface area contributed by atoms with E-state index in [0.29, 0.717) is 30.3 Å². The van der Waals surface area contributed by atoms with Crippen molar-refractivity contribution in [2.24, 2.45) is 5.84 Å². The predicted octanol–water partition coefficient (Wildman–Crippen LogP) is 1.91. The zero-order valence-electron chi connectivity index (χ0n) is 11.1. The molecule has 0 unspecified atom stereocenters. The van der Waals surface area contributed by atoms with Gasteiger partial charge in [0.25, 0.3) is 5.91 Å². The first-order chi connectivity index (χ1) is 10.2. The van der Waals surface area contributed by atoms with E-state index in [1.165, 1.54) is 0 Å². The Labute approximate surface area is 130 Å². The second-order valence-electron chi connectivity index (χ2n) is 4.04. The first-order valence-electron chi connectivity index (χ1n) is 6.16. The van der Waals surface area contributed by atoms with Gasteiger partial charge in [-0.15, -0.1) is 0 Å². The fourth-order valence-electron chi connectivity index (χ4n) is 1.60. The van der Waals surface area contributed by atoms with Gasteiger partial charge in [-0.2, -0.15) is 0 Å². The Kier molecular flexibility index (Phi) is 5.53. The quantitative estimate of drug-likeness (QED) is 0.359. The van der Waals surface area contributed by atoms with Crippen molar-refractivity contribution in [1.29, 1.82) is 0 Å². The second kappa shape index (κ2) is 7.61. The standard InChI is InChI=1S/C14H14BrN3O3/c15-11-7-13(9-17-8-11)21-5-4-20-12-3-1-2-10(6-12)14(19)18-16/h1-3,6-9H,4-5,16H2,(H,18,19). The van der Waals surface area contributed by atoms with Crippen LogP contribution in [0.25, 0.3) is 0 Å². The number of ether oxygens (including phenoxy) is 2. The van der Waals surface area contributed by atoms with Gasteiger partial charge in [-0.1, -0.05) is 6.07 Å². The van der Waals surface area contributed by atoms with Crippen molar-refractivity contribution in [3.63, 3.8) is 0 Å². The summed E-state index contributed by atoms with van der Waals surface area (Å²) in [6, 6.07) is 8.56. The van der Waals surface area contributed by atoms with Crippen molar-refractivity contribution >= 4 is 21.8 Å². The third kappa shape index (κ3) is 4.73. The van der Waals surface area contributed by atoms with E-state index < -0.39 is 0 Å². The number of benzene rings is 1. The fourth-order valence-corrected chi connectivity index (χ4v) is 1.94. The van der Waals surface area contributed by atoms with Gasteiger partial charge in [-0.3, -0.25) is 15.2 Å². The molecule has 3 N–H and O–H groups in total. The van der Waals surface area contributed by atoms with Crippen LogP contribution in [0, 0.1) is 0 Å². The average Bonchev–Trinajstić information content (AvgIpc) is 2.51. The number of nitrogens with two attached hydrogens (primary N) is 1. The number of hydrogen-bond acceptors (Lipinski definition) is 5. The van der Waals surface area contributed by atoms with Crippen LogP contribution in [0.1, 0.15) is 10.4 Å². The Morgan fingerprint density at radius 2 is 1.95 bits per heavy atom. The van der Waals surface area contributed by atoms with E-state index in [1.54, 1.807) is 36.7 Å². The van der Waals surface area contributed by atoms with Gasteiger partial charge in [0.15, 0.2) is 0 Å². The van der Waals surface area contributed by atoms with E-state index in [4.69, 9.17) is 15.3 Å². The maximum absolute atomic E-state index is 11.4. The van der Waals surface area contributed by atoms with Gasteiger partial charge in [-0.05, 0) is 40.2 Å². The van der Waals surface area contributed by atoms with Crippen LogP contribution in [0.5, 0.6) is 11.5 Å². The highest BCUT2D eigenvalue weighted by molar-refractivity contribution is 9.10. The summed E-state index contributed by atoms with van der Waals surface area (Å²) in [5.74, 6) is 5.95. The number of carbonyl (C=O) groups is 1. The number of hydrogen-bond donors (Lipinski definition) is 2. The van der Waals surface area contributed by atoms with Crippen molar-refractivity contribution in [3.05, 3.63) is 52.8 Å². The van der Waals surface area contributed by atoms with Crippen molar-refractivity contribution in [1.82, 2.24) is 10.4 Å². The predicted molar refractivity (Wildman–Crippen MR) is 81.0 cm³/mol. The lowest BCUT2D eigenvalue weighted by Crippen LogP contribution is -2.29. The molecule has 2 aromatic rings. The molecule has 6 nitrogen and oxygen atoms in total. The number of amides is 1. The number of nitrogens with one attached hydrogen (secondary N) is 1. The summed E-state index contributed by atoms with van der Waals surface area (Å²) in [5, 5.41) is 0. The lowest BCUT2D eigenvalue weighted by Gasteiger charge is -2.09. The topological polar surface area (TPSA) is 86.5 Å². The van der Waals surface area contributed by atoms with Gasteiger partial charge >= 0.3 is 0 Å². The van der Waals surface area contributed by atoms with Gasteiger partial charge in [0.05, 0.1) is 6.20 Å². The molecule has 7 heteroatoms. The van der Waals surface area contributed by atoms with Crippen LogP contribution in [0.3, 0.4) is 0 Å². The van der Waals surface area contributed by atoms with Crippen LogP contribution >= 0.6 is 15.9 Å². The lowest BCUT2D eigenvalue weighted by atomic mass is 10.2. The maximum Gasteiger partial charge on any atom is 0.265 e. The number of carbonyl (C=O) groups excluding carboxylic acids is 1. The number of hydrazine groups is 1. The Bertz CT molecular complexity index is 622. The summed E-state index contributed by atoms with van der Waals surface area (Å²) in [7, 11) is 0. The highest BCUT2D eigenvalue weighted by Crippen LogP contribution is 2.16. The number of aromatic nitrogens is 1. The smallest absolute Gasteiger partial charge is 0.265 e. The molecule has 2 rings (SSSR count). The van der Waals surface area contributed by atoms with Gasteiger partial charge < -0.3 is 9.47 Å². The molecule has 0 fully saturated rings. The maximum atomic E-state index is 11.4. The SMILES string of the molecule is NNC(=O)c1cccc(OCCOc2cncc(Br)c2)c1. The van der Waals surface area contributed by atoms with E-state index in [1.807, 2.05) is 6.07 Å². The molecule has 0 atom stereocenters. The van der Waals surface area contributed by atoms with Crippen molar-refractivity contribution in [3.8, 4) is 11.5 Å². The number of nitrogen functional groups attached to an aromatic ring is 1. The summed E-state index contributed by atoms with van der Waals surface area (Å²) < 4.78 is 11.9. The molecule has 0 aliphatic carbocycles. The highest BCUT2D eigenvalue weighted by Gasteiger charge is 2.04. The minimum Gasteiger partial charge on any atom is -0.490 e. The third-order valence-corrected chi connectivity index (χ3v) is 2.96. The Balaban J connectivity index is 1.82. The molecule has 1 aromatic carbocycles. The molecular formula is C14H14BrN3O3. The molecule has 0 aliphatic heterocycles. The molecule has 110 valence electrons. The zero-order valence-corrected chi connectivity index (χ0v) is 12.7. The van der Waals surface area contributed by atoms with Gasteiger partial charge in [0.1, 0.15) is 24.7 Å². The second-order valence-corrected chi connectivity index (χ2v) is 4.95. The molecular weight excluding hydrogens is 338 g/mol. The van der Waals surface area contributed by atoms with E-state index in [9.17, 15) is 4.79 Å². The van der Waals surface area contributed by atoms with Crippen LogP contribution in [0.4, 0.5) is 0 Å². The third-order valence-electron chi connectivity index (χ3n) is 2.53. The van der Waals surface area contributed by atoms with Crippen molar-refractivity contribution in [2.75, 3.05) is 13.2 Å². The summed E-state index contributed by atoms with van der Waals surface area (Å²) in [6.45, 7) is 0.714.